The van der Waals surface area contributed by atoms with Gasteiger partial charge in [-0.15, -0.1) is 12.4 Å². The summed E-state index contributed by atoms with van der Waals surface area (Å²) >= 11 is 0. The molecule has 1 aliphatic heterocycles. The van der Waals surface area contributed by atoms with E-state index in [0.29, 0.717) is 17.9 Å². The number of carbonyl (C=O) groups is 2. The highest BCUT2D eigenvalue weighted by Crippen LogP contribution is 2.19. The van der Waals surface area contributed by atoms with Gasteiger partial charge in [0.1, 0.15) is 5.75 Å². The van der Waals surface area contributed by atoms with Crippen molar-refractivity contribution in [3.63, 3.8) is 0 Å². The van der Waals surface area contributed by atoms with E-state index >= 15 is 0 Å². The molecule has 0 bridgehead atoms. The molecule has 0 spiro atoms. The summed E-state index contributed by atoms with van der Waals surface area (Å²) in [6.45, 7) is 2.38. The fourth-order valence-corrected chi connectivity index (χ4v) is 3.68. The van der Waals surface area contributed by atoms with Gasteiger partial charge in [0.25, 0.3) is 0 Å². The molecule has 1 aliphatic rings. The van der Waals surface area contributed by atoms with Crippen LogP contribution in [0.15, 0.2) is 48.7 Å². The van der Waals surface area contributed by atoms with Gasteiger partial charge in [0, 0.05) is 30.6 Å². The van der Waals surface area contributed by atoms with E-state index in [9.17, 15) is 9.59 Å². The second kappa shape index (κ2) is 12.3. The van der Waals surface area contributed by atoms with E-state index in [2.05, 4.69) is 10.3 Å². The van der Waals surface area contributed by atoms with Crippen LogP contribution in [-0.2, 0) is 11.3 Å². The van der Waals surface area contributed by atoms with E-state index in [0.717, 1.165) is 38.0 Å². The molecule has 1 saturated heterocycles. The Morgan fingerprint density at radius 2 is 1.90 bits per heavy atom. The number of amides is 1. The Kier molecular flexibility index (Phi) is 9.77. The van der Waals surface area contributed by atoms with Crippen LogP contribution < -0.4 is 10.1 Å². The number of hydrogen-bond donors (Lipinski definition) is 1. The van der Waals surface area contributed by atoms with Gasteiger partial charge < -0.3 is 15.0 Å². The second-order valence-electron chi connectivity index (χ2n) is 7.33. The van der Waals surface area contributed by atoms with Crippen LogP contribution in [0, 0.1) is 0 Å². The Morgan fingerprint density at radius 3 is 2.60 bits per heavy atom. The minimum atomic E-state index is -0.0266. The molecule has 6 nitrogen and oxygen atoms in total. The van der Waals surface area contributed by atoms with Crippen LogP contribution in [0.25, 0.3) is 0 Å². The number of methoxy groups -OCH3 is 1. The van der Waals surface area contributed by atoms with Crippen molar-refractivity contribution in [2.75, 3.05) is 20.2 Å². The highest BCUT2D eigenvalue weighted by molar-refractivity contribution is 5.98. The Morgan fingerprint density at radius 1 is 1.10 bits per heavy atom. The lowest BCUT2D eigenvalue weighted by atomic mass is 10.0. The quantitative estimate of drug-likeness (QED) is 0.646. The number of carbonyl (C=O) groups excluding carboxylic acids is 2. The van der Waals surface area contributed by atoms with Crippen molar-refractivity contribution in [2.24, 2.45) is 0 Å². The fraction of sp³-hybridized carbons (Fsp3) is 0.435. The van der Waals surface area contributed by atoms with Gasteiger partial charge in [-0.3, -0.25) is 14.6 Å². The van der Waals surface area contributed by atoms with Gasteiger partial charge in [0.2, 0.25) is 5.91 Å². The van der Waals surface area contributed by atoms with Gasteiger partial charge in [0.15, 0.2) is 5.78 Å². The van der Waals surface area contributed by atoms with E-state index < -0.39 is 0 Å². The molecule has 2 aromatic rings. The van der Waals surface area contributed by atoms with E-state index in [1.165, 1.54) is 0 Å². The number of ether oxygens (including phenoxy) is 1. The predicted octanol–water partition coefficient (Wildman–Crippen LogP) is 3.65. The number of Topliss-reactive ketones (excluding diaryl/α,β-unsaturated/α-hetero) is 1. The molecule has 1 fully saturated rings. The summed E-state index contributed by atoms with van der Waals surface area (Å²) < 4.78 is 5.13. The molecule has 0 aliphatic carbocycles. The lowest BCUT2D eigenvalue weighted by Gasteiger charge is -2.31. The van der Waals surface area contributed by atoms with Gasteiger partial charge in [-0.25, -0.2) is 0 Å². The molecular weight excluding hydrogens is 402 g/mol. The van der Waals surface area contributed by atoms with Crippen LogP contribution in [0.4, 0.5) is 0 Å². The van der Waals surface area contributed by atoms with Gasteiger partial charge in [-0.05, 0) is 68.8 Å². The average Bonchev–Trinajstić information content (AvgIpc) is 3.06. The number of aromatic nitrogens is 1. The maximum absolute atomic E-state index is 13.1. The zero-order chi connectivity index (χ0) is 20.5. The average molecular weight is 432 g/mol. The number of pyridine rings is 1. The van der Waals surface area contributed by atoms with Gasteiger partial charge in [-0.2, -0.15) is 0 Å². The standard InChI is InChI=1S/C23H29N3O3.ClH/c1-29-21-9-7-18(8-10-21)22(27)11-12-23(28)26(17-19-5-2-3-15-25-19)20-6-4-14-24-16-13-20;/h2-3,5,7-10,15,20,24H,4,6,11-14,16-17H2,1H3;1H. The van der Waals surface area contributed by atoms with Crippen molar-refractivity contribution in [1.82, 2.24) is 15.2 Å². The van der Waals surface area contributed by atoms with E-state index in [1.54, 1.807) is 37.6 Å². The highest BCUT2D eigenvalue weighted by Gasteiger charge is 2.25. The zero-order valence-electron chi connectivity index (χ0n) is 17.4. The van der Waals surface area contributed by atoms with Crippen molar-refractivity contribution < 1.29 is 14.3 Å². The summed E-state index contributed by atoms with van der Waals surface area (Å²) in [5.74, 6) is 0.701. The molecule has 30 heavy (non-hydrogen) atoms. The van der Waals surface area contributed by atoms with Crippen molar-refractivity contribution in [2.45, 2.75) is 44.7 Å². The molecule has 0 saturated carbocycles. The van der Waals surface area contributed by atoms with Crippen LogP contribution >= 0.6 is 12.4 Å². The fourth-order valence-electron chi connectivity index (χ4n) is 3.68. The van der Waals surface area contributed by atoms with E-state index in [1.807, 2.05) is 23.1 Å². The third-order valence-corrected chi connectivity index (χ3v) is 5.34. The first-order chi connectivity index (χ1) is 14.2. The number of benzene rings is 1. The third kappa shape index (κ3) is 6.82. The lowest BCUT2D eigenvalue weighted by Crippen LogP contribution is -2.40. The minimum Gasteiger partial charge on any atom is -0.497 e. The first-order valence-corrected chi connectivity index (χ1v) is 10.2. The topological polar surface area (TPSA) is 71.5 Å². The number of halogens is 1. The Bertz CT molecular complexity index is 791. The Hall–Kier alpha value is -2.44. The normalized spacial score (nSPS) is 16.1. The number of nitrogens with one attached hydrogen (secondary N) is 1. The van der Waals surface area contributed by atoms with Crippen molar-refractivity contribution in [3.8, 4) is 5.75 Å². The van der Waals surface area contributed by atoms with Crippen molar-refractivity contribution in [1.29, 1.82) is 0 Å². The van der Waals surface area contributed by atoms with Crippen LogP contribution in [-0.4, -0.2) is 47.8 Å². The van der Waals surface area contributed by atoms with Gasteiger partial charge in [-0.1, -0.05) is 6.07 Å². The van der Waals surface area contributed by atoms with Gasteiger partial charge in [0.05, 0.1) is 19.3 Å². The highest BCUT2D eigenvalue weighted by atomic mass is 35.5. The zero-order valence-corrected chi connectivity index (χ0v) is 18.2. The molecule has 0 radical (unpaired) electrons. The smallest absolute Gasteiger partial charge is 0.223 e. The molecule has 1 amide bonds. The molecule has 1 N–H and O–H groups in total. The molecule has 1 unspecified atom stereocenters. The summed E-state index contributed by atoms with van der Waals surface area (Å²) in [5, 5.41) is 3.40. The summed E-state index contributed by atoms with van der Waals surface area (Å²) in [7, 11) is 1.59. The summed E-state index contributed by atoms with van der Waals surface area (Å²) in [6.07, 6.45) is 5.10. The van der Waals surface area contributed by atoms with Crippen LogP contribution in [0.5, 0.6) is 5.75 Å². The SMILES string of the molecule is COc1ccc(C(=O)CCC(=O)N(Cc2ccccn2)C2CCCNCC2)cc1.Cl. The first-order valence-electron chi connectivity index (χ1n) is 10.2. The van der Waals surface area contributed by atoms with Crippen LogP contribution in [0.2, 0.25) is 0 Å². The predicted molar refractivity (Wildman–Crippen MR) is 119 cm³/mol. The molecule has 1 aromatic heterocycles. The first kappa shape index (κ1) is 23.8. The van der Waals surface area contributed by atoms with Crippen LogP contribution in [0.1, 0.15) is 48.2 Å². The number of nitrogens with zero attached hydrogens (tertiary/aromatic N) is 2. The maximum Gasteiger partial charge on any atom is 0.223 e. The molecule has 1 atom stereocenters. The number of rotatable bonds is 8. The summed E-state index contributed by atoms with van der Waals surface area (Å²) in [6, 6.07) is 12.9. The Balaban J connectivity index is 0.00000320. The second-order valence-corrected chi connectivity index (χ2v) is 7.33. The van der Waals surface area contributed by atoms with E-state index in [4.69, 9.17) is 4.74 Å². The number of ketones is 1. The minimum absolute atomic E-state index is 0. The van der Waals surface area contributed by atoms with Gasteiger partial charge >= 0.3 is 0 Å². The maximum atomic E-state index is 13.1. The molecule has 1 aromatic carbocycles. The third-order valence-electron chi connectivity index (χ3n) is 5.34. The molecule has 162 valence electrons. The van der Waals surface area contributed by atoms with Crippen molar-refractivity contribution >= 4 is 24.1 Å². The lowest BCUT2D eigenvalue weighted by molar-refractivity contribution is -0.134. The molecule has 7 heteroatoms. The van der Waals surface area contributed by atoms with E-state index in [-0.39, 0.29) is 43.0 Å². The number of hydrogen-bond acceptors (Lipinski definition) is 5. The largest absolute Gasteiger partial charge is 0.497 e. The summed E-state index contributed by atoms with van der Waals surface area (Å²) in [5.41, 5.74) is 1.48. The monoisotopic (exact) mass is 431 g/mol. The van der Waals surface area contributed by atoms with Crippen LogP contribution in [0.3, 0.4) is 0 Å². The summed E-state index contributed by atoms with van der Waals surface area (Å²) in [4.78, 5) is 31.9. The molecule has 2 heterocycles. The van der Waals surface area contributed by atoms with Crippen molar-refractivity contribution in [3.05, 3.63) is 59.9 Å². The molecule has 3 rings (SSSR count). The Labute approximate surface area is 184 Å². The molecular formula is C23H30ClN3O3.